The highest BCUT2D eigenvalue weighted by Crippen LogP contribution is 2.24. The lowest BCUT2D eigenvalue weighted by Gasteiger charge is -2.17. The molecule has 0 saturated carbocycles. The standard InChI is InChI=1S/C10H11ClN2O2/c11-8-5-7(13-3-1-2-4-13)6-12-9(8)10(14)15/h5-6H,1-4H2,(H,14,15). The second kappa shape index (κ2) is 4.06. The van der Waals surface area contributed by atoms with Crippen molar-refractivity contribution in [3.05, 3.63) is 23.0 Å². The summed E-state index contributed by atoms with van der Waals surface area (Å²) in [5.41, 5.74) is 0.821. The Kier molecular flexibility index (Phi) is 2.77. The van der Waals surface area contributed by atoms with Crippen molar-refractivity contribution < 1.29 is 9.90 Å². The van der Waals surface area contributed by atoms with Crippen molar-refractivity contribution >= 4 is 23.3 Å². The van der Waals surface area contributed by atoms with Crippen LogP contribution in [0.1, 0.15) is 23.3 Å². The molecule has 4 nitrogen and oxygen atoms in total. The number of hydrogen-bond acceptors (Lipinski definition) is 3. The van der Waals surface area contributed by atoms with Crippen LogP contribution < -0.4 is 4.90 Å². The summed E-state index contributed by atoms with van der Waals surface area (Å²) in [6.07, 6.45) is 3.90. The lowest BCUT2D eigenvalue weighted by Crippen LogP contribution is -2.18. The third-order valence-electron chi connectivity index (χ3n) is 2.50. The Morgan fingerprint density at radius 2 is 2.13 bits per heavy atom. The molecule has 1 fully saturated rings. The van der Waals surface area contributed by atoms with Crippen molar-refractivity contribution in [2.24, 2.45) is 0 Å². The topological polar surface area (TPSA) is 53.4 Å². The van der Waals surface area contributed by atoms with Crippen molar-refractivity contribution in [2.75, 3.05) is 18.0 Å². The molecule has 0 unspecified atom stereocenters. The zero-order valence-electron chi connectivity index (χ0n) is 8.11. The van der Waals surface area contributed by atoms with Crippen LogP contribution in [0.3, 0.4) is 0 Å². The molecular weight excluding hydrogens is 216 g/mol. The third kappa shape index (κ3) is 2.04. The van der Waals surface area contributed by atoms with Crippen LogP contribution in [-0.4, -0.2) is 29.1 Å². The second-order valence-electron chi connectivity index (χ2n) is 3.52. The zero-order chi connectivity index (χ0) is 10.8. The number of nitrogens with zero attached hydrogens (tertiary/aromatic N) is 2. The Hall–Kier alpha value is -1.29. The van der Waals surface area contributed by atoms with Crippen molar-refractivity contribution in [1.82, 2.24) is 4.98 Å². The van der Waals surface area contributed by atoms with Crippen molar-refractivity contribution in [3.63, 3.8) is 0 Å². The zero-order valence-corrected chi connectivity index (χ0v) is 8.87. The Balaban J connectivity index is 2.28. The minimum atomic E-state index is -1.09. The van der Waals surface area contributed by atoms with Gasteiger partial charge in [-0.05, 0) is 18.9 Å². The first-order valence-electron chi connectivity index (χ1n) is 4.82. The number of halogens is 1. The van der Waals surface area contributed by atoms with Crippen LogP contribution in [0.2, 0.25) is 5.02 Å². The van der Waals surface area contributed by atoms with Gasteiger partial charge in [0.2, 0.25) is 0 Å². The molecule has 0 atom stereocenters. The van der Waals surface area contributed by atoms with Gasteiger partial charge < -0.3 is 10.0 Å². The summed E-state index contributed by atoms with van der Waals surface area (Å²) in [5.74, 6) is -1.09. The van der Waals surface area contributed by atoms with Crippen LogP contribution in [0.15, 0.2) is 12.3 Å². The molecule has 2 heterocycles. The quantitative estimate of drug-likeness (QED) is 0.839. The Labute approximate surface area is 92.5 Å². The molecule has 0 aliphatic carbocycles. The van der Waals surface area contributed by atoms with E-state index < -0.39 is 5.97 Å². The number of hydrogen-bond donors (Lipinski definition) is 1. The number of aromatic nitrogens is 1. The number of carboxylic acid groups (broad SMARTS) is 1. The van der Waals surface area contributed by atoms with Crippen LogP contribution in [0.4, 0.5) is 5.69 Å². The molecule has 5 heteroatoms. The SMILES string of the molecule is O=C(O)c1ncc(N2CCCC2)cc1Cl. The Morgan fingerprint density at radius 3 is 2.67 bits per heavy atom. The first-order valence-corrected chi connectivity index (χ1v) is 5.20. The minimum Gasteiger partial charge on any atom is -0.476 e. The predicted molar refractivity (Wildman–Crippen MR) is 57.7 cm³/mol. The molecule has 0 amide bonds. The maximum atomic E-state index is 10.7. The normalized spacial score (nSPS) is 15.7. The maximum Gasteiger partial charge on any atom is 0.356 e. The molecule has 1 saturated heterocycles. The first kappa shape index (κ1) is 10.2. The summed E-state index contributed by atoms with van der Waals surface area (Å²) in [6.45, 7) is 1.98. The summed E-state index contributed by atoms with van der Waals surface area (Å²) < 4.78 is 0. The van der Waals surface area contributed by atoms with Gasteiger partial charge in [0.25, 0.3) is 0 Å². The van der Waals surface area contributed by atoms with E-state index >= 15 is 0 Å². The van der Waals surface area contributed by atoms with E-state index in [-0.39, 0.29) is 10.7 Å². The van der Waals surface area contributed by atoms with E-state index in [0.29, 0.717) is 0 Å². The van der Waals surface area contributed by atoms with E-state index in [9.17, 15) is 4.79 Å². The maximum absolute atomic E-state index is 10.7. The monoisotopic (exact) mass is 226 g/mol. The fraction of sp³-hybridized carbons (Fsp3) is 0.400. The number of anilines is 1. The average Bonchev–Trinajstić information content (AvgIpc) is 2.69. The van der Waals surface area contributed by atoms with E-state index in [4.69, 9.17) is 16.7 Å². The highest BCUT2D eigenvalue weighted by Gasteiger charge is 2.16. The molecule has 0 aromatic carbocycles. The number of pyridine rings is 1. The highest BCUT2D eigenvalue weighted by atomic mass is 35.5. The molecule has 1 aromatic heterocycles. The van der Waals surface area contributed by atoms with Gasteiger partial charge in [0.05, 0.1) is 16.9 Å². The van der Waals surface area contributed by atoms with E-state index in [1.807, 2.05) is 0 Å². The van der Waals surface area contributed by atoms with E-state index in [1.54, 1.807) is 12.3 Å². The fourth-order valence-electron chi connectivity index (χ4n) is 1.73. The lowest BCUT2D eigenvalue weighted by molar-refractivity contribution is 0.0691. The van der Waals surface area contributed by atoms with Gasteiger partial charge in [0.15, 0.2) is 5.69 Å². The number of rotatable bonds is 2. The second-order valence-corrected chi connectivity index (χ2v) is 3.93. The van der Waals surface area contributed by atoms with Crippen molar-refractivity contribution in [2.45, 2.75) is 12.8 Å². The summed E-state index contributed by atoms with van der Waals surface area (Å²) in [4.78, 5) is 16.7. The molecular formula is C10H11ClN2O2. The first-order chi connectivity index (χ1) is 7.18. The summed E-state index contributed by atoms with van der Waals surface area (Å²) in [6, 6.07) is 1.67. The van der Waals surface area contributed by atoms with Crippen LogP contribution in [0, 0.1) is 0 Å². The summed E-state index contributed by atoms with van der Waals surface area (Å²) in [5, 5.41) is 8.96. The minimum absolute atomic E-state index is 0.0837. The van der Waals surface area contributed by atoms with Gasteiger partial charge >= 0.3 is 5.97 Å². The van der Waals surface area contributed by atoms with Crippen LogP contribution in [0.5, 0.6) is 0 Å². The Bertz CT molecular complexity index is 389. The molecule has 0 bridgehead atoms. The molecule has 2 rings (SSSR count). The lowest BCUT2D eigenvalue weighted by atomic mass is 10.3. The Morgan fingerprint density at radius 1 is 1.47 bits per heavy atom. The van der Waals surface area contributed by atoms with Gasteiger partial charge in [-0.1, -0.05) is 11.6 Å². The molecule has 1 aliphatic rings. The molecule has 1 aromatic rings. The number of carboxylic acids is 1. The van der Waals surface area contributed by atoms with Crippen LogP contribution in [0.25, 0.3) is 0 Å². The summed E-state index contributed by atoms with van der Waals surface area (Å²) >= 11 is 5.83. The molecule has 80 valence electrons. The van der Waals surface area contributed by atoms with Gasteiger partial charge in [-0.15, -0.1) is 0 Å². The van der Waals surface area contributed by atoms with Gasteiger partial charge in [-0.25, -0.2) is 9.78 Å². The summed E-state index contributed by atoms with van der Waals surface area (Å²) in [7, 11) is 0. The highest BCUT2D eigenvalue weighted by molar-refractivity contribution is 6.33. The van der Waals surface area contributed by atoms with Gasteiger partial charge in [-0.2, -0.15) is 0 Å². The van der Waals surface area contributed by atoms with Gasteiger partial charge in [-0.3, -0.25) is 0 Å². The van der Waals surface area contributed by atoms with Gasteiger partial charge in [0, 0.05) is 13.1 Å². The molecule has 15 heavy (non-hydrogen) atoms. The number of aromatic carboxylic acids is 1. The smallest absolute Gasteiger partial charge is 0.356 e. The average molecular weight is 227 g/mol. The van der Waals surface area contributed by atoms with Crippen molar-refractivity contribution in [3.8, 4) is 0 Å². The molecule has 0 radical (unpaired) electrons. The molecule has 1 aliphatic heterocycles. The van der Waals surface area contributed by atoms with Crippen molar-refractivity contribution in [1.29, 1.82) is 0 Å². The largest absolute Gasteiger partial charge is 0.476 e. The van der Waals surface area contributed by atoms with Gasteiger partial charge in [0.1, 0.15) is 0 Å². The molecule has 0 spiro atoms. The third-order valence-corrected chi connectivity index (χ3v) is 2.79. The van der Waals surface area contributed by atoms with E-state index in [2.05, 4.69) is 9.88 Å². The van der Waals surface area contributed by atoms with E-state index in [1.165, 1.54) is 0 Å². The van der Waals surface area contributed by atoms with Crippen LogP contribution >= 0.6 is 11.6 Å². The molecule has 1 N–H and O–H groups in total. The van der Waals surface area contributed by atoms with E-state index in [0.717, 1.165) is 31.6 Å². The van der Waals surface area contributed by atoms with Crippen LogP contribution in [-0.2, 0) is 0 Å². The fourth-order valence-corrected chi connectivity index (χ4v) is 1.97. The predicted octanol–water partition coefficient (Wildman–Crippen LogP) is 2.03. The number of carbonyl (C=O) groups is 1.